The van der Waals surface area contributed by atoms with E-state index in [1.165, 1.54) is 9.44 Å². The predicted octanol–water partition coefficient (Wildman–Crippen LogP) is 0.357. The third-order valence-electron chi connectivity index (χ3n) is 2.60. The number of rotatable bonds is 4. The summed E-state index contributed by atoms with van der Waals surface area (Å²) >= 11 is 0. The van der Waals surface area contributed by atoms with E-state index in [-0.39, 0.29) is 63.4 Å². The monoisotopic (exact) mass is 404 g/mol. The van der Waals surface area contributed by atoms with E-state index in [2.05, 4.69) is 0 Å². The topological polar surface area (TPSA) is 138 Å². The first-order valence-electron chi connectivity index (χ1n) is 10.7. The molecule has 4 atom stereocenters. The number of hydrogen-bond acceptors (Lipinski definition) is 6. The minimum atomic E-state index is -4.89. The van der Waals surface area contributed by atoms with Gasteiger partial charge in [0.05, 0.1) is 0 Å². The summed E-state index contributed by atoms with van der Waals surface area (Å²) in [7, 11) is -9.77. The van der Waals surface area contributed by atoms with Crippen LogP contribution in [0.3, 0.4) is 0 Å². The Bertz CT molecular complexity index is 767. The molecule has 0 radical (unpaired) electrons. The average Bonchev–Trinajstić information content (AvgIpc) is 2.48. The van der Waals surface area contributed by atoms with Crippen molar-refractivity contribution >= 4 is 58.3 Å². The molecule has 0 aromatic carbocycles. The van der Waals surface area contributed by atoms with Crippen LogP contribution in [0.4, 0.5) is 0 Å². The van der Waals surface area contributed by atoms with Gasteiger partial charge in [-0.25, -0.2) is 26.3 Å². The van der Waals surface area contributed by atoms with Crippen molar-refractivity contribution in [3.63, 3.8) is 0 Å². The van der Waals surface area contributed by atoms with Gasteiger partial charge in [-0.3, -0.25) is 0 Å². The van der Waals surface area contributed by atoms with Gasteiger partial charge in [-0.15, -0.1) is 0 Å². The van der Waals surface area contributed by atoms with Gasteiger partial charge in [0, 0.05) is 23.0 Å². The predicted molar refractivity (Wildman–Crippen MR) is 85.2 cm³/mol. The molecule has 0 amide bonds. The van der Waals surface area contributed by atoms with Crippen LogP contribution in [0.15, 0.2) is 0 Å². The van der Waals surface area contributed by atoms with Crippen LogP contribution >= 0.6 is 0 Å². The molecule has 0 heterocycles. The fourth-order valence-corrected chi connectivity index (χ4v) is 2.69. The van der Waals surface area contributed by atoms with Crippen LogP contribution in [0.2, 0.25) is 0 Å². The Morgan fingerprint density at radius 1 is 0.826 bits per heavy atom. The van der Waals surface area contributed by atoms with Crippen LogP contribution in [0.1, 0.15) is 75.0 Å². The molecule has 0 bridgehead atoms. The molecule has 2 aliphatic rings. The minimum absolute atomic E-state index is 0. The third-order valence-corrected chi connectivity index (χ3v) is 3.59. The first-order chi connectivity index (χ1) is 13.2. The SMILES string of the molecule is [2H]C1CCCC([2H])(NS(=O)(=O)[O-])C1([2H])[2H].[2H]C1CCCC([2H])(NS(=O)(=O)[O-])C1([2H])[2H].[Ca+2]. The molecule has 8 nitrogen and oxygen atoms in total. The molecule has 2 N–H and O–H groups in total. The molecule has 2 saturated carbocycles. The van der Waals surface area contributed by atoms with Gasteiger partial charge in [0.1, 0.15) is 0 Å². The van der Waals surface area contributed by atoms with Crippen molar-refractivity contribution in [2.45, 2.75) is 76.1 Å². The zero-order valence-corrected chi connectivity index (χ0v) is 16.2. The largest absolute Gasteiger partial charge is 2.00 e. The van der Waals surface area contributed by atoms with Gasteiger partial charge in [-0.05, 0) is 25.6 Å². The maximum Gasteiger partial charge on any atom is 2.00 e. The Balaban J connectivity index is 0.000000562. The summed E-state index contributed by atoms with van der Waals surface area (Å²) in [6.07, 6.45) is -6.10. The van der Waals surface area contributed by atoms with Crippen LogP contribution in [-0.2, 0) is 20.6 Å². The number of nitrogens with one attached hydrogen (secondary N) is 2. The molecule has 0 aliphatic heterocycles. The van der Waals surface area contributed by atoms with Crippen LogP contribution in [0, 0.1) is 0 Å². The van der Waals surface area contributed by atoms with Crippen molar-refractivity contribution < 1.29 is 36.9 Å². The van der Waals surface area contributed by atoms with E-state index >= 15 is 0 Å². The molecular formula is C12H24CaN2O6S2. The smallest absolute Gasteiger partial charge is 0.735 e. The molecule has 23 heavy (non-hydrogen) atoms. The molecule has 0 saturated heterocycles. The van der Waals surface area contributed by atoms with Crippen molar-refractivity contribution in [1.29, 1.82) is 0 Å². The van der Waals surface area contributed by atoms with E-state index in [9.17, 15) is 25.9 Å². The van der Waals surface area contributed by atoms with Gasteiger partial charge in [0.15, 0.2) is 20.6 Å². The Morgan fingerprint density at radius 2 is 1.17 bits per heavy atom. The van der Waals surface area contributed by atoms with Crippen molar-refractivity contribution in [3.8, 4) is 0 Å². The van der Waals surface area contributed by atoms with Crippen LogP contribution in [0.5, 0.6) is 0 Å². The molecule has 2 aliphatic carbocycles. The molecule has 4 unspecified atom stereocenters. The van der Waals surface area contributed by atoms with Crippen molar-refractivity contribution in [2.24, 2.45) is 0 Å². The summed E-state index contributed by atoms with van der Waals surface area (Å²) in [6.45, 7) is 0. The van der Waals surface area contributed by atoms with E-state index in [4.69, 9.17) is 11.0 Å². The van der Waals surface area contributed by atoms with E-state index in [0.29, 0.717) is 12.8 Å². The van der Waals surface area contributed by atoms with Crippen molar-refractivity contribution in [1.82, 2.24) is 9.44 Å². The molecule has 2 fully saturated rings. The van der Waals surface area contributed by atoms with Gasteiger partial charge >= 0.3 is 37.7 Å². The van der Waals surface area contributed by atoms with Gasteiger partial charge in [-0.2, -0.15) is 0 Å². The summed E-state index contributed by atoms with van der Waals surface area (Å²) in [4.78, 5) is 0. The zero-order valence-electron chi connectivity index (χ0n) is 20.4. The summed E-state index contributed by atoms with van der Waals surface area (Å²) in [5.74, 6) is 0. The molecular weight excluding hydrogens is 372 g/mol. The zero-order chi connectivity index (χ0) is 23.8. The Morgan fingerprint density at radius 3 is 1.48 bits per heavy atom. The third kappa shape index (κ3) is 13.9. The molecule has 0 aromatic rings. The van der Waals surface area contributed by atoms with Gasteiger partial charge in [-0.1, -0.05) is 38.5 Å². The Kier molecular flexibility index (Phi) is 6.65. The Labute approximate surface area is 180 Å². The average molecular weight is 405 g/mol. The number of hydrogen-bond donors (Lipinski definition) is 2. The maximum absolute atomic E-state index is 10.5. The standard InChI is InChI=1S/2C6H13NO3S.Ca/c2*8-11(9,10)7-6-4-2-1-3-5-6;/h2*6-7H,1-5H2,(H,8,9,10);/q;;+2/p-2/i2*2D,4D2,6D;. The minimum Gasteiger partial charge on any atom is -0.735 e. The summed E-state index contributed by atoms with van der Waals surface area (Å²) in [5.41, 5.74) is 0. The Hall–Kier alpha value is 1.000. The normalized spacial score (nSPS) is 47.9. The van der Waals surface area contributed by atoms with Crippen LogP contribution in [0.25, 0.3) is 0 Å². The van der Waals surface area contributed by atoms with Gasteiger partial charge < -0.3 is 9.11 Å². The van der Waals surface area contributed by atoms with E-state index in [1.807, 2.05) is 0 Å². The summed E-state index contributed by atoms with van der Waals surface area (Å²) in [5, 5.41) is 0. The van der Waals surface area contributed by atoms with Crippen LogP contribution in [-0.4, -0.2) is 75.7 Å². The molecule has 132 valence electrons. The molecule has 11 heteroatoms. The van der Waals surface area contributed by atoms with Crippen molar-refractivity contribution in [3.05, 3.63) is 0 Å². The fourth-order valence-electron chi connectivity index (χ4n) is 1.76. The molecule has 0 spiro atoms. The summed E-state index contributed by atoms with van der Waals surface area (Å²) < 4.78 is 126. The second-order valence-corrected chi connectivity index (χ2v) is 6.78. The quantitative estimate of drug-likeness (QED) is 0.512. The maximum atomic E-state index is 10.5. The second kappa shape index (κ2) is 11.6. The molecule has 2 rings (SSSR count). The van der Waals surface area contributed by atoms with E-state index < -0.39 is 58.2 Å². The molecule has 0 aromatic heterocycles. The van der Waals surface area contributed by atoms with Gasteiger partial charge in [0.25, 0.3) is 0 Å². The fraction of sp³-hybridized carbons (Fsp3) is 1.00. The summed E-state index contributed by atoms with van der Waals surface area (Å²) in [6, 6.07) is -4.45. The second-order valence-electron chi connectivity index (χ2n) is 4.55. The van der Waals surface area contributed by atoms with Gasteiger partial charge in [0.2, 0.25) is 0 Å². The van der Waals surface area contributed by atoms with E-state index in [1.54, 1.807) is 0 Å². The first-order valence-corrected chi connectivity index (χ1v) is 9.33. The first kappa shape index (κ1) is 13.2. The van der Waals surface area contributed by atoms with Crippen molar-refractivity contribution in [2.75, 3.05) is 0 Å². The van der Waals surface area contributed by atoms with E-state index in [0.717, 1.165) is 0 Å². The van der Waals surface area contributed by atoms with Crippen LogP contribution < -0.4 is 9.44 Å².